The molecule has 0 aliphatic carbocycles. The molecule has 1 aromatic rings. The normalized spacial score (nSPS) is 18.5. The number of carboxylic acid groups (broad SMARTS) is 1. The third-order valence-electron chi connectivity index (χ3n) is 4.12. The number of carbonyl (C=O) groups is 2. The minimum atomic E-state index is -4.56. The molecular weight excluding hydrogens is 351 g/mol. The molecule has 0 saturated carbocycles. The van der Waals surface area contributed by atoms with Crippen LogP contribution in [0.4, 0.5) is 18.0 Å². The first-order valence-corrected chi connectivity index (χ1v) is 8.31. The van der Waals surface area contributed by atoms with E-state index in [1.165, 1.54) is 4.90 Å². The van der Waals surface area contributed by atoms with Crippen molar-refractivity contribution in [2.24, 2.45) is 0 Å². The molecule has 8 heteroatoms. The summed E-state index contributed by atoms with van der Waals surface area (Å²) in [6.07, 6.45) is -4.06. The number of hydrogen-bond acceptors (Lipinski definition) is 3. The van der Waals surface area contributed by atoms with E-state index in [9.17, 15) is 27.9 Å². The number of carbonyl (C=O) groups excluding carboxylic acids is 1. The third kappa shape index (κ3) is 4.89. The second kappa shape index (κ2) is 7.17. The summed E-state index contributed by atoms with van der Waals surface area (Å²) in [7, 11) is 0. The lowest BCUT2D eigenvalue weighted by atomic mass is 9.86. The van der Waals surface area contributed by atoms with Crippen molar-refractivity contribution in [1.29, 1.82) is 0 Å². The van der Waals surface area contributed by atoms with Gasteiger partial charge in [-0.2, -0.15) is 13.2 Å². The van der Waals surface area contributed by atoms with Crippen LogP contribution in [0.15, 0.2) is 18.2 Å². The van der Waals surface area contributed by atoms with Gasteiger partial charge in [0.15, 0.2) is 0 Å². The maximum atomic E-state index is 13.0. The minimum Gasteiger partial charge on any atom is -0.478 e. The van der Waals surface area contributed by atoms with Gasteiger partial charge in [-0.15, -0.1) is 0 Å². The Morgan fingerprint density at radius 3 is 2.42 bits per heavy atom. The summed E-state index contributed by atoms with van der Waals surface area (Å²) in [6.45, 7) is 5.72. The molecule has 5 nitrogen and oxygen atoms in total. The van der Waals surface area contributed by atoms with E-state index >= 15 is 0 Å². The van der Waals surface area contributed by atoms with Crippen molar-refractivity contribution in [3.05, 3.63) is 34.9 Å². The van der Waals surface area contributed by atoms with Crippen LogP contribution in [0.1, 0.15) is 61.0 Å². The number of alkyl halides is 3. The number of piperidine rings is 1. The van der Waals surface area contributed by atoms with Crippen LogP contribution in [-0.4, -0.2) is 40.8 Å². The zero-order valence-corrected chi connectivity index (χ0v) is 14.9. The minimum absolute atomic E-state index is 0.0978. The van der Waals surface area contributed by atoms with E-state index in [0.29, 0.717) is 19.4 Å². The summed E-state index contributed by atoms with van der Waals surface area (Å²) in [6, 6.07) is 2.63. The SMILES string of the molecule is CC(C)(C)OC(=O)N1CCCC(c2cc(C(F)(F)F)ccc2C(=O)O)C1. The fourth-order valence-corrected chi connectivity index (χ4v) is 2.99. The summed E-state index contributed by atoms with van der Waals surface area (Å²) in [4.78, 5) is 25.1. The zero-order valence-electron chi connectivity index (χ0n) is 14.9. The molecule has 0 spiro atoms. The smallest absolute Gasteiger partial charge is 0.416 e. The molecule has 1 aliphatic heterocycles. The number of rotatable bonds is 2. The van der Waals surface area contributed by atoms with Crippen LogP contribution in [0.2, 0.25) is 0 Å². The van der Waals surface area contributed by atoms with Crippen LogP contribution < -0.4 is 0 Å². The van der Waals surface area contributed by atoms with Gasteiger partial charge in [-0.1, -0.05) is 0 Å². The highest BCUT2D eigenvalue weighted by molar-refractivity contribution is 5.89. The number of nitrogens with zero attached hydrogens (tertiary/aromatic N) is 1. The van der Waals surface area contributed by atoms with Crippen molar-refractivity contribution in [3.63, 3.8) is 0 Å². The Hall–Kier alpha value is -2.25. The maximum absolute atomic E-state index is 13.0. The van der Waals surface area contributed by atoms with Crippen LogP contribution in [0, 0.1) is 0 Å². The highest BCUT2D eigenvalue weighted by atomic mass is 19.4. The number of hydrogen-bond donors (Lipinski definition) is 1. The first-order valence-electron chi connectivity index (χ1n) is 8.31. The fourth-order valence-electron chi connectivity index (χ4n) is 2.99. The number of carboxylic acids is 1. The largest absolute Gasteiger partial charge is 0.478 e. The molecular formula is C18H22F3NO4. The first kappa shape index (κ1) is 20.1. The van der Waals surface area contributed by atoms with Crippen molar-refractivity contribution in [2.75, 3.05) is 13.1 Å². The highest BCUT2D eigenvalue weighted by Crippen LogP contribution is 2.35. The first-order chi connectivity index (χ1) is 11.9. The second-order valence-corrected chi connectivity index (χ2v) is 7.37. The van der Waals surface area contributed by atoms with Crippen molar-refractivity contribution >= 4 is 12.1 Å². The van der Waals surface area contributed by atoms with Gasteiger partial charge in [0.1, 0.15) is 5.60 Å². The van der Waals surface area contributed by atoms with Gasteiger partial charge in [0.25, 0.3) is 0 Å². The van der Waals surface area contributed by atoms with Gasteiger partial charge in [0.2, 0.25) is 0 Å². The fraction of sp³-hybridized carbons (Fsp3) is 0.556. The molecule has 1 atom stereocenters. The quantitative estimate of drug-likeness (QED) is 0.828. The molecule has 0 bridgehead atoms. The lowest BCUT2D eigenvalue weighted by Crippen LogP contribution is -2.42. The Labute approximate surface area is 149 Å². The summed E-state index contributed by atoms with van der Waals surface area (Å²) >= 11 is 0. The molecule has 1 heterocycles. The van der Waals surface area contributed by atoms with Gasteiger partial charge in [-0.3, -0.25) is 0 Å². The van der Waals surface area contributed by atoms with Crippen LogP contribution in [0.25, 0.3) is 0 Å². The summed E-state index contributed by atoms with van der Waals surface area (Å²) in [5.41, 5.74) is -1.66. The van der Waals surface area contributed by atoms with E-state index in [-0.39, 0.29) is 17.7 Å². The Balaban J connectivity index is 2.31. The molecule has 26 heavy (non-hydrogen) atoms. The number of aromatic carboxylic acids is 1. The van der Waals surface area contributed by atoms with Gasteiger partial charge >= 0.3 is 18.2 Å². The molecule has 144 valence electrons. The number of halogens is 3. The number of likely N-dealkylation sites (tertiary alicyclic amines) is 1. The molecule has 0 radical (unpaired) electrons. The number of amides is 1. The van der Waals surface area contributed by atoms with E-state index in [4.69, 9.17) is 4.74 Å². The Kier molecular flexibility index (Phi) is 5.53. The lowest BCUT2D eigenvalue weighted by molar-refractivity contribution is -0.137. The van der Waals surface area contributed by atoms with Crippen LogP contribution >= 0.6 is 0 Å². The monoisotopic (exact) mass is 373 g/mol. The maximum Gasteiger partial charge on any atom is 0.416 e. The average molecular weight is 373 g/mol. The molecule has 1 aliphatic rings. The third-order valence-corrected chi connectivity index (χ3v) is 4.12. The van der Waals surface area contributed by atoms with Gasteiger partial charge in [0, 0.05) is 19.0 Å². The topological polar surface area (TPSA) is 66.8 Å². The van der Waals surface area contributed by atoms with Crippen molar-refractivity contribution in [3.8, 4) is 0 Å². The number of benzene rings is 1. The predicted octanol–water partition coefficient (Wildman–Crippen LogP) is 4.52. The van der Waals surface area contributed by atoms with E-state index < -0.39 is 35.3 Å². The Morgan fingerprint density at radius 2 is 1.88 bits per heavy atom. The molecule has 1 unspecified atom stereocenters. The molecule has 1 fully saturated rings. The van der Waals surface area contributed by atoms with Crippen LogP contribution in [0.3, 0.4) is 0 Å². The van der Waals surface area contributed by atoms with E-state index in [1.54, 1.807) is 20.8 Å². The molecule has 1 aromatic carbocycles. The average Bonchev–Trinajstić information content (AvgIpc) is 2.52. The van der Waals surface area contributed by atoms with E-state index in [1.807, 2.05) is 0 Å². The zero-order chi connectivity index (χ0) is 19.7. The summed E-state index contributed by atoms with van der Waals surface area (Å²) < 4.78 is 44.4. The van der Waals surface area contributed by atoms with Crippen LogP contribution in [0.5, 0.6) is 0 Å². The number of ether oxygens (including phenoxy) is 1. The molecule has 0 aromatic heterocycles. The van der Waals surface area contributed by atoms with Gasteiger partial charge < -0.3 is 14.7 Å². The van der Waals surface area contributed by atoms with Gasteiger partial charge in [-0.05, 0) is 57.4 Å². The van der Waals surface area contributed by atoms with Gasteiger partial charge in [-0.25, -0.2) is 9.59 Å². The molecule has 2 rings (SSSR count). The van der Waals surface area contributed by atoms with E-state index in [2.05, 4.69) is 0 Å². The molecule has 1 saturated heterocycles. The van der Waals surface area contributed by atoms with Crippen LogP contribution in [-0.2, 0) is 10.9 Å². The van der Waals surface area contributed by atoms with Crippen molar-refractivity contribution in [2.45, 2.75) is 51.3 Å². The standard InChI is InChI=1S/C18H22F3NO4/c1-17(2,3)26-16(25)22-8-4-5-11(10-22)14-9-12(18(19,20)21)6-7-13(14)15(23)24/h6-7,9,11H,4-5,8,10H2,1-3H3,(H,23,24). The Morgan fingerprint density at radius 1 is 1.23 bits per heavy atom. The molecule has 1 N–H and O–H groups in total. The summed E-state index contributed by atoms with van der Waals surface area (Å²) in [5.74, 6) is -1.78. The van der Waals surface area contributed by atoms with Crippen molar-refractivity contribution in [1.82, 2.24) is 4.90 Å². The van der Waals surface area contributed by atoms with E-state index in [0.717, 1.165) is 18.2 Å². The van der Waals surface area contributed by atoms with Crippen molar-refractivity contribution < 1.29 is 32.6 Å². The molecule has 1 amide bonds. The summed E-state index contributed by atoms with van der Waals surface area (Å²) in [5, 5.41) is 9.33. The Bertz CT molecular complexity index is 695. The second-order valence-electron chi connectivity index (χ2n) is 7.37. The highest BCUT2D eigenvalue weighted by Gasteiger charge is 2.34. The van der Waals surface area contributed by atoms with Gasteiger partial charge in [0.05, 0.1) is 11.1 Å². The predicted molar refractivity (Wildman–Crippen MR) is 88.2 cm³/mol. The lowest BCUT2D eigenvalue weighted by Gasteiger charge is -2.35.